The topological polar surface area (TPSA) is 62.5 Å². The molecule has 0 spiro atoms. The number of carbonyl (C=O) groups excluding carboxylic acids is 1. The molecule has 1 amide bonds. The monoisotopic (exact) mass is 276 g/mol. The Labute approximate surface area is 120 Å². The summed E-state index contributed by atoms with van der Waals surface area (Å²) < 4.78 is 0. The van der Waals surface area contributed by atoms with Crippen molar-refractivity contribution in [1.29, 1.82) is 0 Å². The maximum atomic E-state index is 12.3. The van der Waals surface area contributed by atoms with Crippen molar-refractivity contribution in [3.63, 3.8) is 0 Å². The molecule has 0 radical (unpaired) electrons. The van der Waals surface area contributed by atoms with Crippen molar-refractivity contribution < 1.29 is 4.79 Å². The van der Waals surface area contributed by atoms with Crippen molar-refractivity contribution in [2.75, 3.05) is 25.5 Å². The molecule has 1 aliphatic heterocycles. The highest BCUT2D eigenvalue weighted by atomic mass is 16.2. The number of rotatable bonds is 3. The number of aryl methyl sites for hydroxylation is 2. The van der Waals surface area contributed by atoms with E-state index >= 15 is 0 Å². The summed E-state index contributed by atoms with van der Waals surface area (Å²) in [5.74, 6) is 1.04. The molecule has 2 N–H and O–H groups in total. The highest BCUT2D eigenvalue weighted by molar-refractivity contribution is 5.85. The summed E-state index contributed by atoms with van der Waals surface area (Å²) in [6, 6.07) is 1.94. The van der Waals surface area contributed by atoms with Crippen LogP contribution in [0.5, 0.6) is 0 Å². The van der Waals surface area contributed by atoms with Crippen LogP contribution in [-0.2, 0) is 11.3 Å². The molecule has 0 aromatic carbocycles. The third-order valence-corrected chi connectivity index (χ3v) is 3.91. The SMILES string of the molecule is Cc1cc(C)c(CN)c(N2CCCC2C(=O)N(C)C)n1. The van der Waals surface area contributed by atoms with Gasteiger partial charge in [0.05, 0.1) is 0 Å². The first-order valence-electron chi connectivity index (χ1n) is 7.10. The summed E-state index contributed by atoms with van der Waals surface area (Å²) in [4.78, 5) is 20.8. The Hall–Kier alpha value is -1.62. The number of hydrogen-bond acceptors (Lipinski definition) is 4. The number of likely N-dealkylation sites (N-methyl/N-ethyl adjacent to an activating group) is 1. The van der Waals surface area contributed by atoms with E-state index in [2.05, 4.69) is 16.8 Å². The van der Waals surface area contributed by atoms with Crippen LogP contribution >= 0.6 is 0 Å². The van der Waals surface area contributed by atoms with E-state index in [0.29, 0.717) is 6.54 Å². The Morgan fingerprint density at radius 2 is 2.20 bits per heavy atom. The maximum absolute atomic E-state index is 12.3. The van der Waals surface area contributed by atoms with Crippen LogP contribution in [0.4, 0.5) is 5.82 Å². The Morgan fingerprint density at radius 3 is 2.80 bits per heavy atom. The van der Waals surface area contributed by atoms with Gasteiger partial charge in [-0.1, -0.05) is 0 Å². The molecule has 2 rings (SSSR count). The van der Waals surface area contributed by atoms with Crippen molar-refractivity contribution in [3.8, 4) is 0 Å². The Balaban J connectivity index is 2.42. The molecular weight excluding hydrogens is 252 g/mol. The van der Waals surface area contributed by atoms with Gasteiger partial charge >= 0.3 is 0 Å². The van der Waals surface area contributed by atoms with E-state index in [0.717, 1.165) is 42.0 Å². The van der Waals surface area contributed by atoms with E-state index in [1.807, 2.05) is 13.0 Å². The van der Waals surface area contributed by atoms with Crippen molar-refractivity contribution >= 4 is 11.7 Å². The highest BCUT2D eigenvalue weighted by Crippen LogP contribution is 2.29. The Kier molecular flexibility index (Phi) is 4.28. The fourth-order valence-electron chi connectivity index (χ4n) is 2.91. The van der Waals surface area contributed by atoms with Gasteiger partial charge in [0.15, 0.2) is 0 Å². The summed E-state index contributed by atoms with van der Waals surface area (Å²) in [5.41, 5.74) is 9.06. The number of anilines is 1. The molecule has 1 aromatic heterocycles. The van der Waals surface area contributed by atoms with Gasteiger partial charge in [-0.3, -0.25) is 4.79 Å². The first-order valence-corrected chi connectivity index (χ1v) is 7.10. The summed E-state index contributed by atoms with van der Waals surface area (Å²) in [6.07, 6.45) is 1.90. The number of hydrogen-bond donors (Lipinski definition) is 1. The van der Waals surface area contributed by atoms with Crippen molar-refractivity contribution in [3.05, 3.63) is 22.9 Å². The predicted molar refractivity (Wildman–Crippen MR) is 80.7 cm³/mol. The zero-order valence-electron chi connectivity index (χ0n) is 12.8. The van der Waals surface area contributed by atoms with E-state index in [1.165, 1.54) is 0 Å². The number of nitrogens with zero attached hydrogens (tertiary/aromatic N) is 3. The standard InChI is InChI=1S/C15H24N4O/c1-10-8-11(2)17-14(12(10)9-16)19-7-5-6-13(19)15(20)18(3)4/h8,13H,5-7,9,16H2,1-4H3. The molecule has 1 atom stereocenters. The molecule has 1 unspecified atom stereocenters. The van der Waals surface area contributed by atoms with Gasteiger partial charge in [-0.15, -0.1) is 0 Å². The van der Waals surface area contributed by atoms with Crippen LogP contribution in [0.2, 0.25) is 0 Å². The van der Waals surface area contributed by atoms with E-state index < -0.39 is 0 Å². The predicted octanol–water partition coefficient (Wildman–Crippen LogP) is 1.21. The number of carbonyl (C=O) groups is 1. The second-order valence-electron chi connectivity index (χ2n) is 5.67. The third kappa shape index (κ3) is 2.63. The lowest BCUT2D eigenvalue weighted by molar-refractivity contribution is -0.129. The van der Waals surface area contributed by atoms with Crippen LogP contribution < -0.4 is 10.6 Å². The molecule has 0 aliphatic carbocycles. The fraction of sp³-hybridized carbons (Fsp3) is 0.600. The van der Waals surface area contributed by atoms with Gasteiger partial charge in [0.2, 0.25) is 5.91 Å². The van der Waals surface area contributed by atoms with E-state index in [-0.39, 0.29) is 11.9 Å². The molecular formula is C15H24N4O. The summed E-state index contributed by atoms with van der Waals surface area (Å²) in [5, 5.41) is 0. The summed E-state index contributed by atoms with van der Waals surface area (Å²) in [7, 11) is 3.61. The number of aromatic nitrogens is 1. The van der Waals surface area contributed by atoms with Crippen molar-refractivity contribution in [2.45, 2.75) is 39.3 Å². The minimum absolute atomic E-state index is 0.107. The molecule has 110 valence electrons. The second kappa shape index (κ2) is 5.79. The molecule has 0 bridgehead atoms. The van der Waals surface area contributed by atoms with Gasteiger partial charge in [-0.2, -0.15) is 0 Å². The van der Waals surface area contributed by atoms with Crippen LogP contribution in [0.15, 0.2) is 6.07 Å². The van der Waals surface area contributed by atoms with Gasteiger partial charge in [0.1, 0.15) is 11.9 Å². The van der Waals surface area contributed by atoms with Crippen LogP contribution in [-0.4, -0.2) is 42.5 Å². The van der Waals surface area contributed by atoms with Gasteiger partial charge in [-0.25, -0.2) is 4.98 Å². The zero-order valence-corrected chi connectivity index (χ0v) is 12.8. The quantitative estimate of drug-likeness (QED) is 0.901. The first-order chi connectivity index (χ1) is 9.45. The molecule has 20 heavy (non-hydrogen) atoms. The Morgan fingerprint density at radius 1 is 1.50 bits per heavy atom. The number of amides is 1. The molecule has 0 saturated carbocycles. The second-order valence-corrected chi connectivity index (χ2v) is 5.67. The molecule has 1 saturated heterocycles. The lowest BCUT2D eigenvalue weighted by Gasteiger charge is -2.29. The van der Waals surface area contributed by atoms with Gasteiger partial charge < -0.3 is 15.5 Å². The van der Waals surface area contributed by atoms with E-state index in [9.17, 15) is 4.79 Å². The molecule has 1 aliphatic rings. The maximum Gasteiger partial charge on any atom is 0.244 e. The van der Waals surface area contributed by atoms with Crippen LogP contribution in [0.25, 0.3) is 0 Å². The van der Waals surface area contributed by atoms with E-state index in [4.69, 9.17) is 5.73 Å². The first kappa shape index (κ1) is 14.8. The molecule has 1 fully saturated rings. The normalized spacial score (nSPS) is 18.4. The highest BCUT2D eigenvalue weighted by Gasteiger charge is 2.33. The van der Waals surface area contributed by atoms with Gasteiger partial charge in [0, 0.05) is 38.4 Å². The minimum Gasteiger partial charge on any atom is -0.347 e. The fourth-order valence-corrected chi connectivity index (χ4v) is 2.91. The lowest BCUT2D eigenvalue weighted by atomic mass is 10.1. The van der Waals surface area contributed by atoms with Crippen LogP contribution in [0.1, 0.15) is 29.7 Å². The van der Waals surface area contributed by atoms with Gasteiger partial charge in [0.25, 0.3) is 0 Å². The molecule has 2 heterocycles. The van der Waals surface area contributed by atoms with E-state index in [1.54, 1.807) is 19.0 Å². The molecule has 5 heteroatoms. The van der Waals surface area contributed by atoms with Crippen LogP contribution in [0, 0.1) is 13.8 Å². The molecule has 1 aromatic rings. The molecule has 5 nitrogen and oxygen atoms in total. The largest absolute Gasteiger partial charge is 0.347 e. The summed E-state index contributed by atoms with van der Waals surface area (Å²) in [6.45, 7) is 5.36. The third-order valence-electron chi connectivity index (χ3n) is 3.91. The Bertz CT molecular complexity index is 513. The van der Waals surface area contributed by atoms with Crippen LogP contribution in [0.3, 0.4) is 0 Å². The average Bonchev–Trinajstić information content (AvgIpc) is 2.85. The number of pyridine rings is 1. The smallest absolute Gasteiger partial charge is 0.244 e. The average molecular weight is 276 g/mol. The zero-order chi connectivity index (χ0) is 14.9. The van der Waals surface area contributed by atoms with Gasteiger partial charge in [-0.05, 0) is 38.3 Å². The lowest BCUT2D eigenvalue weighted by Crippen LogP contribution is -2.43. The number of nitrogens with two attached hydrogens (primary N) is 1. The summed E-state index contributed by atoms with van der Waals surface area (Å²) >= 11 is 0. The minimum atomic E-state index is -0.107. The van der Waals surface area contributed by atoms with Crippen molar-refractivity contribution in [2.24, 2.45) is 5.73 Å². The van der Waals surface area contributed by atoms with Crippen molar-refractivity contribution in [1.82, 2.24) is 9.88 Å².